The van der Waals surface area contributed by atoms with E-state index in [0.29, 0.717) is 28.1 Å². The number of ether oxygens (including phenoxy) is 1. The molecule has 2 aromatic carbocycles. The first kappa shape index (κ1) is 19.3. The number of thioether (sulfide) groups is 1. The first-order chi connectivity index (χ1) is 13.2. The summed E-state index contributed by atoms with van der Waals surface area (Å²) in [5, 5.41) is 23.8. The molecule has 0 saturated heterocycles. The van der Waals surface area contributed by atoms with Crippen molar-refractivity contribution in [3.8, 4) is 11.5 Å². The van der Waals surface area contributed by atoms with Crippen molar-refractivity contribution in [3.05, 3.63) is 64.9 Å². The molecule has 1 N–H and O–H groups in total. The number of hydrogen-bond donors (Lipinski definition) is 1. The fourth-order valence-electron chi connectivity index (χ4n) is 2.19. The number of nitrogens with zero attached hydrogens (tertiary/aromatic N) is 4. The molecule has 140 valence electrons. The third-order valence-corrected chi connectivity index (χ3v) is 4.83. The van der Waals surface area contributed by atoms with E-state index >= 15 is 0 Å². The fourth-order valence-corrected chi connectivity index (χ4v) is 3.13. The molecule has 8 heteroatoms. The molecule has 0 aliphatic heterocycles. The first-order valence-electron chi connectivity index (χ1n) is 8.43. The van der Waals surface area contributed by atoms with E-state index in [0.717, 1.165) is 17.7 Å². The molecule has 3 rings (SSSR count). The highest BCUT2D eigenvalue weighted by Crippen LogP contribution is 2.24. The molecule has 0 fully saturated rings. The second kappa shape index (κ2) is 9.43. The smallest absolute Gasteiger partial charge is 0.212 e. The second-order valence-corrected chi connectivity index (χ2v) is 7.07. The van der Waals surface area contributed by atoms with Crippen LogP contribution in [0.1, 0.15) is 24.5 Å². The molecule has 0 aliphatic rings. The zero-order valence-corrected chi connectivity index (χ0v) is 16.3. The minimum atomic E-state index is 0.107. The molecule has 0 spiro atoms. The van der Waals surface area contributed by atoms with E-state index in [9.17, 15) is 5.11 Å². The molecule has 0 saturated carbocycles. The van der Waals surface area contributed by atoms with Crippen molar-refractivity contribution in [1.29, 1.82) is 0 Å². The summed E-state index contributed by atoms with van der Waals surface area (Å²) < 4.78 is 7.07. The van der Waals surface area contributed by atoms with Gasteiger partial charge in [-0.05, 0) is 36.2 Å². The average Bonchev–Trinajstić information content (AvgIpc) is 3.12. The number of phenols is 1. The van der Waals surface area contributed by atoms with Crippen molar-refractivity contribution in [2.45, 2.75) is 24.3 Å². The van der Waals surface area contributed by atoms with Crippen LogP contribution in [-0.4, -0.2) is 32.8 Å². The first-order valence-corrected chi connectivity index (χ1v) is 9.79. The van der Waals surface area contributed by atoms with Gasteiger partial charge >= 0.3 is 0 Å². The molecular weight excluding hydrogens is 384 g/mol. The number of hydrogen-bond acceptors (Lipinski definition) is 6. The van der Waals surface area contributed by atoms with Crippen LogP contribution >= 0.6 is 23.4 Å². The lowest BCUT2D eigenvalue weighted by Crippen LogP contribution is -1.96. The molecule has 0 aliphatic carbocycles. The minimum Gasteiger partial charge on any atom is -0.507 e. The largest absolute Gasteiger partial charge is 0.507 e. The molecule has 0 bridgehead atoms. The Morgan fingerprint density at radius 3 is 2.81 bits per heavy atom. The molecule has 0 atom stereocenters. The lowest BCUT2D eigenvalue weighted by Gasteiger charge is -2.06. The number of halogens is 1. The van der Waals surface area contributed by atoms with Gasteiger partial charge in [-0.2, -0.15) is 9.78 Å². The summed E-state index contributed by atoms with van der Waals surface area (Å²) in [5.74, 6) is 1.46. The maximum Gasteiger partial charge on any atom is 0.212 e. The van der Waals surface area contributed by atoms with E-state index in [2.05, 4.69) is 15.3 Å². The Morgan fingerprint density at radius 2 is 2.07 bits per heavy atom. The van der Waals surface area contributed by atoms with Gasteiger partial charge in [0.1, 0.15) is 17.8 Å². The van der Waals surface area contributed by atoms with Gasteiger partial charge in [-0.25, -0.2) is 0 Å². The molecule has 0 amide bonds. The zero-order valence-electron chi connectivity index (χ0n) is 14.7. The van der Waals surface area contributed by atoms with E-state index in [-0.39, 0.29) is 5.75 Å². The Hall–Kier alpha value is -2.51. The SMILES string of the molecule is CCCOc1ccc(/C=N/n2cnnc2SCc2ccc(Cl)cc2)c(O)c1. The summed E-state index contributed by atoms with van der Waals surface area (Å²) in [7, 11) is 0. The fraction of sp³-hybridized carbons (Fsp3) is 0.211. The second-order valence-electron chi connectivity index (χ2n) is 5.69. The van der Waals surface area contributed by atoms with Crippen molar-refractivity contribution in [2.24, 2.45) is 5.10 Å². The molecular formula is C19H19ClN4O2S. The average molecular weight is 403 g/mol. The van der Waals surface area contributed by atoms with Crippen LogP contribution in [0.15, 0.2) is 59.0 Å². The number of rotatable bonds is 8. The Kier molecular flexibility index (Phi) is 6.73. The molecule has 1 heterocycles. The lowest BCUT2D eigenvalue weighted by molar-refractivity contribution is 0.315. The molecule has 1 aromatic heterocycles. The third kappa shape index (κ3) is 5.48. The quantitative estimate of drug-likeness (QED) is 0.440. The molecule has 27 heavy (non-hydrogen) atoms. The van der Waals surface area contributed by atoms with Gasteiger partial charge in [-0.1, -0.05) is 42.4 Å². The van der Waals surface area contributed by atoms with Crippen LogP contribution in [0, 0.1) is 0 Å². The van der Waals surface area contributed by atoms with Gasteiger partial charge in [0, 0.05) is 22.4 Å². The van der Waals surface area contributed by atoms with Crippen molar-refractivity contribution in [1.82, 2.24) is 14.9 Å². The molecule has 0 radical (unpaired) electrons. The van der Waals surface area contributed by atoms with Crippen LogP contribution in [0.5, 0.6) is 11.5 Å². The van der Waals surface area contributed by atoms with E-state index in [1.54, 1.807) is 29.1 Å². The van der Waals surface area contributed by atoms with Gasteiger partial charge in [0.25, 0.3) is 0 Å². The number of benzene rings is 2. The van der Waals surface area contributed by atoms with Crippen molar-refractivity contribution in [3.63, 3.8) is 0 Å². The van der Waals surface area contributed by atoms with Crippen LogP contribution in [0.4, 0.5) is 0 Å². The van der Waals surface area contributed by atoms with E-state index in [1.807, 2.05) is 31.2 Å². The van der Waals surface area contributed by atoms with Gasteiger partial charge in [-0.3, -0.25) is 0 Å². The van der Waals surface area contributed by atoms with E-state index < -0.39 is 0 Å². The monoisotopic (exact) mass is 402 g/mol. The van der Waals surface area contributed by atoms with Gasteiger partial charge in [0.2, 0.25) is 5.16 Å². The number of aromatic nitrogens is 3. The summed E-state index contributed by atoms with van der Waals surface area (Å²) in [6.07, 6.45) is 4.00. The van der Waals surface area contributed by atoms with Crippen LogP contribution in [0.2, 0.25) is 5.02 Å². The Morgan fingerprint density at radius 1 is 1.26 bits per heavy atom. The summed E-state index contributed by atoms with van der Waals surface area (Å²) in [4.78, 5) is 0. The summed E-state index contributed by atoms with van der Waals surface area (Å²) in [6.45, 7) is 2.64. The maximum absolute atomic E-state index is 10.1. The summed E-state index contributed by atoms with van der Waals surface area (Å²) >= 11 is 7.42. The summed E-state index contributed by atoms with van der Waals surface area (Å²) in [6, 6.07) is 12.8. The maximum atomic E-state index is 10.1. The predicted molar refractivity (Wildman–Crippen MR) is 108 cm³/mol. The highest BCUT2D eigenvalue weighted by atomic mass is 35.5. The van der Waals surface area contributed by atoms with Crippen LogP contribution in [0.3, 0.4) is 0 Å². The Balaban J connectivity index is 1.66. The summed E-state index contributed by atoms with van der Waals surface area (Å²) in [5.41, 5.74) is 1.71. The van der Waals surface area contributed by atoms with Crippen molar-refractivity contribution in [2.75, 3.05) is 6.61 Å². The Labute approximate surface area is 166 Å². The molecule has 0 unspecified atom stereocenters. The number of aromatic hydroxyl groups is 1. The normalized spacial score (nSPS) is 11.2. The topological polar surface area (TPSA) is 72.5 Å². The van der Waals surface area contributed by atoms with Gasteiger partial charge < -0.3 is 9.84 Å². The van der Waals surface area contributed by atoms with Crippen LogP contribution in [0.25, 0.3) is 0 Å². The van der Waals surface area contributed by atoms with Crippen molar-refractivity contribution >= 4 is 29.6 Å². The van der Waals surface area contributed by atoms with Crippen LogP contribution < -0.4 is 4.74 Å². The van der Waals surface area contributed by atoms with Gasteiger partial charge in [-0.15, -0.1) is 10.2 Å². The predicted octanol–water partition coefficient (Wildman–Crippen LogP) is 4.60. The molecule has 6 nitrogen and oxygen atoms in total. The van der Waals surface area contributed by atoms with Crippen LogP contribution in [-0.2, 0) is 5.75 Å². The minimum absolute atomic E-state index is 0.107. The van der Waals surface area contributed by atoms with Crippen molar-refractivity contribution < 1.29 is 9.84 Å². The highest BCUT2D eigenvalue weighted by molar-refractivity contribution is 7.98. The molecule has 3 aromatic rings. The lowest BCUT2D eigenvalue weighted by atomic mass is 10.2. The van der Waals surface area contributed by atoms with E-state index in [4.69, 9.17) is 16.3 Å². The van der Waals surface area contributed by atoms with Gasteiger partial charge in [0.05, 0.1) is 12.8 Å². The van der Waals surface area contributed by atoms with E-state index in [1.165, 1.54) is 18.1 Å². The third-order valence-electron chi connectivity index (χ3n) is 3.58. The highest BCUT2D eigenvalue weighted by Gasteiger charge is 2.06. The van der Waals surface area contributed by atoms with Gasteiger partial charge in [0.15, 0.2) is 0 Å². The standard InChI is InChI=1S/C19H19ClN4O2S/c1-2-9-26-17-8-5-15(18(25)10-17)11-22-24-13-21-23-19(24)27-12-14-3-6-16(20)7-4-14/h3-8,10-11,13,25H,2,9,12H2,1H3/b22-11+. The zero-order chi connectivity index (χ0) is 19.1. The Bertz CT molecular complexity index is 912. The number of phenolic OH excluding ortho intramolecular Hbond substituents is 1.